The van der Waals surface area contributed by atoms with Crippen LogP contribution in [0.4, 0.5) is 0 Å². The summed E-state index contributed by atoms with van der Waals surface area (Å²) in [5.41, 5.74) is 0. The monoisotopic (exact) mass is 269 g/mol. The minimum Gasteiger partial charge on any atom is -0.378 e. The first kappa shape index (κ1) is 9.74. The second-order valence-corrected chi connectivity index (χ2v) is 4.07. The molecule has 0 aliphatic carbocycles. The van der Waals surface area contributed by atoms with Crippen molar-refractivity contribution < 1.29 is 5.11 Å². The SMILES string of the molecule is CCC1CCN(C(O)CI)C1. The van der Waals surface area contributed by atoms with Crippen LogP contribution >= 0.6 is 22.6 Å². The average Bonchev–Trinajstić information content (AvgIpc) is 2.50. The quantitative estimate of drug-likeness (QED) is 0.619. The van der Waals surface area contributed by atoms with Gasteiger partial charge in [-0.15, -0.1) is 0 Å². The summed E-state index contributed by atoms with van der Waals surface area (Å²) in [6.07, 6.45) is 2.32. The zero-order chi connectivity index (χ0) is 8.27. The topological polar surface area (TPSA) is 23.5 Å². The molecular weight excluding hydrogens is 253 g/mol. The molecular formula is C8H16INO. The van der Waals surface area contributed by atoms with Gasteiger partial charge in [0, 0.05) is 17.5 Å². The Balaban J connectivity index is 2.29. The van der Waals surface area contributed by atoms with Crippen LogP contribution in [-0.2, 0) is 0 Å². The molecule has 3 heteroatoms. The number of likely N-dealkylation sites (tertiary alicyclic amines) is 1. The Hall–Kier alpha value is 0.650. The van der Waals surface area contributed by atoms with Crippen molar-refractivity contribution in [2.45, 2.75) is 26.0 Å². The van der Waals surface area contributed by atoms with E-state index in [0.29, 0.717) is 0 Å². The predicted molar refractivity (Wildman–Crippen MR) is 54.9 cm³/mol. The normalized spacial score (nSPS) is 29.2. The second-order valence-electron chi connectivity index (χ2n) is 3.19. The molecule has 1 rings (SSSR count). The Kier molecular flexibility index (Phi) is 4.09. The number of hydrogen-bond acceptors (Lipinski definition) is 2. The molecule has 0 radical (unpaired) electrons. The van der Waals surface area contributed by atoms with Gasteiger partial charge >= 0.3 is 0 Å². The van der Waals surface area contributed by atoms with Gasteiger partial charge < -0.3 is 5.11 Å². The third-order valence-corrected chi connectivity index (χ3v) is 3.24. The van der Waals surface area contributed by atoms with Crippen LogP contribution < -0.4 is 0 Å². The Morgan fingerprint density at radius 2 is 2.45 bits per heavy atom. The van der Waals surface area contributed by atoms with Gasteiger partial charge in [0.05, 0.1) is 0 Å². The van der Waals surface area contributed by atoms with Gasteiger partial charge in [-0.2, -0.15) is 0 Å². The molecule has 1 aliphatic rings. The maximum absolute atomic E-state index is 9.49. The summed E-state index contributed by atoms with van der Waals surface area (Å²) in [5, 5.41) is 9.49. The summed E-state index contributed by atoms with van der Waals surface area (Å²) in [6.45, 7) is 4.41. The van der Waals surface area contributed by atoms with Gasteiger partial charge in [-0.1, -0.05) is 35.9 Å². The van der Waals surface area contributed by atoms with Crippen molar-refractivity contribution >= 4 is 22.6 Å². The fraction of sp³-hybridized carbons (Fsp3) is 1.00. The second kappa shape index (κ2) is 4.62. The van der Waals surface area contributed by atoms with Crippen LogP contribution in [0.2, 0.25) is 0 Å². The van der Waals surface area contributed by atoms with E-state index in [-0.39, 0.29) is 6.23 Å². The lowest BCUT2D eigenvalue weighted by Crippen LogP contribution is -2.34. The zero-order valence-electron chi connectivity index (χ0n) is 6.96. The third kappa shape index (κ3) is 2.56. The number of hydrogen-bond donors (Lipinski definition) is 1. The molecule has 0 amide bonds. The zero-order valence-corrected chi connectivity index (χ0v) is 9.12. The van der Waals surface area contributed by atoms with Crippen LogP contribution in [0.5, 0.6) is 0 Å². The molecule has 2 nitrogen and oxygen atoms in total. The highest BCUT2D eigenvalue weighted by Crippen LogP contribution is 2.20. The number of nitrogens with zero attached hydrogens (tertiary/aromatic N) is 1. The van der Waals surface area contributed by atoms with E-state index in [4.69, 9.17) is 0 Å². The molecule has 1 heterocycles. The highest BCUT2D eigenvalue weighted by atomic mass is 127. The first-order valence-electron chi connectivity index (χ1n) is 4.26. The van der Waals surface area contributed by atoms with Gasteiger partial charge in [-0.3, -0.25) is 4.90 Å². The summed E-state index contributed by atoms with van der Waals surface area (Å²) in [6, 6.07) is 0. The van der Waals surface area contributed by atoms with Crippen LogP contribution in [0, 0.1) is 5.92 Å². The third-order valence-electron chi connectivity index (χ3n) is 2.45. The van der Waals surface area contributed by atoms with Gasteiger partial charge in [0.2, 0.25) is 0 Å². The van der Waals surface area contributed by atoms with Gasteiger partial charge in [0.25, 0.3) is 0 Å². The van der Waals surface area contributed by atoms with Crippen molar-refractivity contribution in [1.82, 2.24) is 4.90 Å². The van der Waals surface area contributed by atoms with Crippen molar-refractivity contribution in [3.8, 4) is 0 Å². The molecule has 0 spiro atoms. The Bertz CT molecular complexity index is 121. The van der Waals surface area contributed by atoms with E-state index >= 15 is 0 Å². The molecule has 66 valence electrons. The Morgan fingerprint density at radius 1 is 1.73 bits per heavy atom. The van der Waals surface area contributed by atoms with Crippen molar-refractivity contribution in [1.29, 1.82) is 0 Å². The van der Waals surface area contributed by atoms with Gasteiger partial charge in [-0.05, 0) is 12.3 Å². The molecule has 0 aromatic carbocycles. The molecule has 0 aromatic rings. The molecule has 2 atom stereocenters. The van der Waals surface area contributed by atoms with E-state index in [1.54, 1.807) is 0 Å². The van der Waals surface area contributed by atoms with Crippen molar-refractivity contribution in [3.63, 3.8) is 0 Å². The lowest BCUT2D eigenvalue weighted by atomic mass is 10.1. The molecule has 0 bridgehead atoms. The van der Waals surface area contributed by atoms with Crippen molar-refractivity contribution in [3.05, 3.63) is 0 Å². The van der Waals surface area contributed by atoms with E-state index in [1.807, 2.05) is 0 Å². The minimum atomic E-state index is -0.202. The molecule has 1 aliphatic heterocycles. The fourth-order valence-corrected chi connectivity index (χ4v) is 2.12. The summed E-state index contributed by atoms with van der Waals surface area (Å²) in [7, 11) is 0. The molecule has 1 saturated heterocycles. The van der Waals surface area contributed by atoms with Crippen LogP contribution in [0.15, 0.2) is 0 Å². The summed E-state index contributed by atoms with van der Waals surface area (Å²) < 4.78 is 0.828. The highest BCUT2D eigenvalue weighted by molar-refractivity contribution is 14.1. The fourth-order valence-electron chi connectivity index (χ4n) is 1.56. The van der Waals surface area contributed by atoms with E-state index in [2.05, 4.69) is 34.4 Å². The summed E-state index contributed by atoms with van der Waals surface area (Å²) >= 11 is 2.23. The molecule has 0 saturated carbocycles. The van der Waals surface area contributed by atoms with Crippen molar-refractivity contribution in [2.75, 3.05) is 17.5 Å². The number of aliphatic hydroxyl groups is 1. The number of alkyl halides is 1. The minimum absolute atomic E-state index is 0.202. The van der Waals surface area contributed by atoms with Crippen LogP contribution in [0.25, 0.3) is 0 Å². The van der Waals surface area contributed by atoms with Gasteiger partial charge in [0.15, 0.2) is 0 Å². The van der Waals surface area contributed by atoms with Crippen LogP contribution in [0.1, 0.15) is 19.8 Å². The molecule has 1 N–H and O–H groups in total. The van der Waals surface area contributed by atoms with Gasteiger partial charge in [-0.25, -0.2) is 0 Å². The predicted octanol–water partition coefficient (Wildman–Crippen LogP) is 1.47. The molecule has 1 fully saturated rings. The average molecular weight is 269 g/mol. The van der Waals surface area contributed by atoms with E-state index < -0.39 is 0 Å². The number of rotatable bonds is 3. The first-order chi connectivity index (χ1) is 5.27. The largest absolute Gasteiger partial charge is 0.378 e. The summed E-state index contributed by atoms with van der Waals surface area (Å²) in [5.74, 6) is 0.826. The van der Waals surface area contributed by atoms with Crippen molar-refractivity contribution in [2.24, 2.45) is 5.92 Å². The van der Waals surface area contributed by atoms with Crippen LogP contribution in [-0.4, -0.2) is 33.8 Å². The molecule has 2 unspecified atom stereocenters. The molecule has 11 heavy (non-hydrogen) atoms. The van der Waals surface area contributed by atoms with E-state index in [9.17, 15) is 5.11 Å². The maximum Gasteiger partial charge on any atom is 0.116 e. The molecule has 0 aromatic heterocycles. The lowest BCUT2D eigenvalue weighted by molar-refractivity contribution is 0.0403. The number of halogens is 1. The lowest BCUT2D eigenvalue weighted by Gasteiger charge is -2.20. The number of aliphatic hydroxyl groups excluding tert-OH is 1. The maximum atomic E-state index is 9.49. The van der Waals surface area contributed by atoms with Gasteiger partial charge in [0.1, 0.15) is 6.23 Å². The van der Waals surface area contributed by atoms with E-state index in [1.165, 1.54) is 12.8 Å². The Labute approximate surface area is 82.1 Å². The van der Waals surface area contributed by atoms with Crippen LogP contribution in [0.3, 0.4) is 0 Å². The smallest absolute Gasteiger partial charge is 0.116 e. The Morgan fingerprint density at radius 3 is 2.91 bits per heavy atom. The highest BCUT2D eigenvalue weighted by Gasteiger charge is 2.24. The summed E-state index contributed by atoms with van der Waals surface area (Å²) in [4.78, 5) is 2.18. The van der Waals surface area contributed by atoms with E-state index in [0.717, 1.165) is 23.4 Å². The first-order valence-corrected chi connectivity index (χ1v) is 5.78. The standard InChI is InChI=1S/C8H16INO/c1-2-7-3-4-10(6-7)8(11)5-9/h7-8,11H,2-6H2,1H3.